The molecule has 57 heavy (non-hydrogen) atoms. The van der Waals surface area contributed by atoms with Crippen LogP contribution >= 0.6 is 11.6 Å². The third-order valence-corrected chi connectivity index (χ3v) is 12.9. The van der Waals surface area contributed by atoms with Gasteiger partial charge in [-0.1, -0.05) is 39.3 Å². The van der Waals surface area contributed by atoms with E-state index in [4.69, 9.17) is 16.3 Å². The number of amides is 5. The quantitative estimate of drug-likeness (QED) is 0.297. The summed E-state index contributed by atoms with van der Waals surface area (Å²) >= 11 is 6.24. The Morgan fingerprint density at radius 1 is 0.877 bits per heavy atom. The topological polar surface area (TPSA) is 155 Å². The second kappa shape index (κ2) is 14.5. The van der Waals surface area contributed by atoms with Crippen molar-refractivity contribution in [3.63, 3.8) is 0 Å². The third kappa shape index (κ3) is 6.89. The minimum Gasteiger partial charge on any atom is -0.489 e. The molecule has 1 aliphatic carbocycles. The largest absolute Gasteiger partial charge is 0.489 e. The fraction of sp³-hybridized carbons (Fsp3) is 0.442. The van der Waals surface area contributed by atoms with Gasteiger partial charge in [-0.05, 0) is 61.0 Å². The van der Waals surface area contributed by atoms with Crippen LogP contribution in [0.25, 0.3) is 0 Å². The van der Waals surface area contributed by atoms with Crippen molar-refractivity contribution < 1.29 is 28.7 Å². The van der Waals surface area contributed by atoms with E-state index in [0.29, 0.717) is 33.4 Å². The number of imide groups is 2. The summed E-state index contributed by atoms with van der Waals surface area (Å²) in [6, 6.07) is 19.1. The highest BCUT2D eigenvalue weighted by Gasteiger charge is 2.64. The van der Waals surface area contributed by atoms with Gasteiger partial charge in [0.2, 0.25) is 11.8 Å². The third-order valence-electron chi connectivity index (χ3n) is 12.6. The Labute approximate surface area is 336 Å². The summed E-state index contributed by atoms with van der Waals surface area (Å²) < 4.78 is 6.37. The van der Waals surface area contributed by atoms with Crippen LogP contribution in [0.4, 0.5) is 11.4 Å². The lowest BCUT2D eigenvalue weighted by molar-refractivity contribution is -0.164. The summed E-state index contributed by atoms with van der Waals surface area (Å²) in [4.78, 5) is 71.9. The smallest absolute Gasteiger partial charge is 0.262 e. The van der Waals surface area contributed by atoms with Crippen molar-refractivity contribution >= 4 is 52.5 Å². The molecule has 4 aliphatic heterocycles. The van der Waals surface area contributed by atoms with Crippen LogP contribution < -0.4 is 25.2 Å². The summed E-state index contributed by atoms with van der Waals surface area (Å²) in [7, 11) is 0. The SMILES string of the molecule is CC1(C)[C@H](NC(=O)c2ccc(N3CC(CN4CCN(c5ccc6c(c5)C(=O)N(C5CCC(=O)NC5=O)C6=O)CC4)C3)cc2)C(C)(C)[C@H]1Oc1ccc(C#N)c(Cl)c1. The van der Waals surface area contributed by atoms with Crippen molar-refractivity contribution in [2.45, 2.75) is 58.7 Å². The minimum absolute atomic E-state index is 0.0871. The number of nitrogens with one attached hydrogen (secondary N) is 2. The molecular formula is C43H46ClN7O6. The first-order valence-corrected chi connectivity index (χ1v) is 19.9. The molecule has 296 valence electrons. The van der Waals surface area contributed by atoms with Crippen molar-refractivity contribution in [2.75, 3.05) is 55.6 Å². The van der Waals surface area contributed by atoms with Crippen LogP contribution in [-0.4, -0.2) is 103 Å². The number of halogens is 1. The van der Waals surface area contributed by atoms with Gasteiger partial charge in [0.25, 0.3) is 17.7 Å². The lowest BCUT2D eigenvalue weighted by Crippen LogP contribution is -2.74. The summed E-state index contributed by atoms with van der Waals surface area (Å²) in [6.45, 7) is 14.5. The molecule has 0 radical (unpaired) electrons. The Balaban J connectivity index is 0.793. The number of nitrogens with zero attached hydrogens (tertiary/aromatic N) is 5. The molecule has 14 heteroatoms. The van der Waals surface area contributed by atoms with E-state index in [0.717, 1.165) is 62.1 Å². The van der Waals surface area contributed by atoms with Crippen molar-refractivity contribution in [1.29, 1.82) is 5.26 Å². The van der Waals surface area contributed by atoms with E-state index in [2.05, 4.69) is 59.1 Å². The maximum Gasteiger partial charge on any atom is 0.262 e. The van der Waals surface area contributed by atoms with E-state index in [9.17, 15) is 29.2 Å². The Kier molecular flexibility index (Phi) is 9.77. The number of fused-ring (bicyclic) bond motifs is 1. The van der Waals surface area contributed by atoms with Crippen LogP contribution in [-0.2, 0) is 9.59 Å². The second-order valence-corrected chi connectivity index (χ2v) is 17.5. The lowest BCUT2D eigenvalue weighted by atomic mass is 9.49. The van der Waals surface area contributed by atoms with Gasteiger partial charge in [-0.3, -0.25) is 39.1 Å². The summed E-state index contributed by atoms with van der Waals surface area (Å²) in [6.07, 6.45) is 0.0339. The van der Waals surface area contributed by atoms with Gasteiger partial charge >= 0.3 is 0 Å². The van der Waals surface area contributed by atoms with E-state index in [-0.39, 0.29) is 47.3 Å². The molecular weight excluding hydrogens is 746 g/mol. The van der Waals surface area contributed by atoms with Crippen LogP contribution in [0.15, 0.2) is 60.7 Å². The van der Waals surface area contributed by atoms with Gasteiger partial charge in [0.15, 0.2) is 0 Å². The molecule has 13 nitrogen and oxygen atoms in total. The molecule has 1 unspecified atom stereocenters. The van der Waals surface area contributed by atoms with Crippen molar-refractivity contribution in [3.05, 3.63) is 87.9 Å². The number of nitriles is 1. The highest BCUT2D eigenvalue weighted by Crippen LogP contribution is 2.55. The Morgan fingerprint density at radius 3 is 2.19 bits per heavy atom. The van der Waals surface area contributed by atoms with Crippen LogP contribution in [0.2, 0.25) is 5.02 Å². The molecule has 8 rings (SSSR count). The molecule has 0 aromatic heterocycles. The van der Waals surface area contributed by atoms with Gasteiger partial charge in [0, 0.05) is 98.0 Å². The first-order valence-electron chi connectivity index (χ1n) is 19.5. The zero-order valence-electron chi connectivity index (χ0n) is 32.5. The molecule has 3 aromatic carbocycles. The summed E-state index contributed by atoms with van der Waals surface area (Å²) in [5.74, 6) is -1.00. The number of anilines is 2. The monoisotopic (exact) mass is 791 g/mol. The van der Waals surface area contributed by atoms with Gasteiger partial charge in [-0.15, -0.1) is 0 Å². The average Bonchev–Trinajstić information content (AvgIpc) is 3.42. The normalized spacial score (nSPS) is 24.3. The molecule has 2 N–H and O–H groups in total. The minimum atomic E-state index is -0.978. The molecule has 1 atom stereocenters. The van der Waals surface area contributed by atoms with Gasteiger partial charge < -0.3 is 19.9 Å². The molecule has 1 saturated carbocycles. The number of carbonyl (C=O) groups is 5. The molecule has 5 aliphatic rings. The van der Waals surface area contributed by atoms with Crippen LogP contribution in [0.3, 0.4) is 0 Å². The number of piperazine rings is 1. The first kappa shape index (κ1) is 38.4. The number of rotatable bonds is 9. The van der Waals surface area contributed by atoms with Crippen LogP contribution in [0.5, 0.6) is 5.75 Å². The van der Waals surface area contributed by atoms with Gasteiger partial charge in [-0.25, -0.2) is 0 Å². The number of piperidine rings is 1. The predicted molar refractivity (Wildman–Crippen MR) is 213 cm³/mol. The molecule has 0 spiro atoms. The van der Waals surface area contributed by atoms with E-state index in [1.165, 1.54) is 0 Å². The number of carbonyl (C=O) groups excluding carboxylic acids is 5. The van der Waals surface area contributed by atoms with Crippen molar-refractivity contribution in [2.24, 2.45) is 16.7 Å². The summed E-state index contributed by atoms with van der Waals surface area (Å²) in [5, 5.41) is 15.1. The lowest BCUT2D eigenvalue weighted by Gasteiger charge is -2.63. The molecule has 3 aromatic rings. The standard InChI is InChI=1S/C43H46ClN7O6/c1-42(2)40(43(3,4)41(42)57-30-11-7-27(21-45)33(44)20-30)47-36(53)26-5-8-28(9-6-26)50-23-25(24-50)22-48-15-17-49(18-16-48)29-10-12-31-32(19-29)39(56)51(38(31)55)34-13-14-35(52)46-37(34)54/h5-12,19-20,25,34,40-41H,13-18,22-24H2,1-4H3,(H,47,53)(H,46,52,54)/t34?,40-,41-. The summed E-state index contributed by atoms with van der Waals surface area (Å²) in [5.41, 5.74) is 2.84. The first-order chi connectivity index (χ1) is 27.1. The maximum absolute atomic E-state index is 13.4. The van der Waals surface area contributed by atoms with E-state index in [1.54, 1.807) is 30.3 Å². The Bertz CT molecular complexity index is 2190. The highest BCUT2D eigenvalue weighted by atomic mass is 35.5. The molecule has 3 saturated heterocycles. The van der Waals surface area contributed by atoms with E-state index in [1.807, 2.05) is 30.3 Å². The number of ether oxygens (including phenoxy) is 1. The van der Waals surface area contributed by atoms with E-state index < -0.39 is 29.7 Å². The molecule has 0 bridgehead atoms. The van der Waals surface area contributed by atoms with Crippen molar-refractivity contribution in [3.8, 4) is 11.8 Å². The number of hydrogen-bond acceptors (Lipinski definition) is 10. The Morgan fingerprint density at radius 2 is 1.54 bits per heavy atom. The molecule has 4 heterocycles. The number of benzene rings is 3. The van der Waals surface area contributed by atoms with Crippen LogP contribution in [0, 0.1) is 28.1 Å². The number of hydrogen-bond donors (Lipinski definition) is 2. The van der Waals surface area contributed by atoms with Gasteiger partial charge in [0.05, 0.1) is 21.7 Å². The fourth-order valence-electron chi connectivity index (χ4n) is 9.74. The molecule has 5 amide bonds. The zero-order valence-corrected chi connectivity index (χ0v) is 33.3. The second-order valence-electron chi connectivity index (χ2n) is 17.1. The average molecular weight is 792 g/mol. The van der Waals surface area contributed by atoms with Crippen LogP contribution in [0.1, 0.15) is 77.2 Å². The maximum atomic E-state index is 13.4. The Hall–Kier alpha value is -5.45. The predicted octanol–water partition coefficient (Wildman–Crippen LogP) is 4.48. The van der Waals surface area contributed by atoms with Gasteiger partial charge in [-0.2, -0.15) is 5.26 Å². The fourth-order valence-corrected chi connectivity index (χ4v) is 9.95. The molecule has 4 fully saturated rings. The zero-order chi connectivity index (χ0) is 40.4. The van der Waals surface area contributed by atoms with Gasteiger partial charge in [0.1, 0.15) is 24.0 Å². The highest BCUT2D eigenvalue weighted by molar-refractivity contribution is 6.31. The van der Waals surface area contributed by atoms with E-state index >= 15 is 0 Å². The van der Waals surface area contributed by atoms with Crippen molar-refractivity contribution in [1.82, 2.24) is 20.4 Å².